The normalized spacial score (nSPS) is 9.30. The maximum atomic E-state index is 9.87. The fraction of sp³-hybridized carbons (Fsp3) is 0.286. The van der Waals surface area contributed by atoms with Gasteiger partial charge in [0, 0.05) is 26.0 Å². The summed E-state index contributed by atoms with van der Waals surface area (Å²) >= 11 is 0. The van der Waals surface area contributed by atoms with E-state index in [-0.39, 0.29) is 0 Å². The highest BCUT2D eigenvalue weighted by Gasteiger charge is 1.90. The van der Waals surface area contributed by atoms with E-state index < -0.39 is 0 Å². The van der Waals surface area contributed by atoms with Gasteiger partial charge in [-0.2, -0.15) is 0 Å². The summed E-state index contributed by atoms with van der Waals surface area (Å²) in [6.07, 6.45) is 4.62. The van der Waals surface area contributed by atoms with Crippen LogP contribution in [0.1, 0.15) is 5.56 Å². The topological polar surface area (TPSA) is 34.0 Å². The van der Waals surface area contributed by atoms with Crippen LogP contribution in [0.2, 0.25) is 0 Å². The number of nitrogens with one attached hydrogen (secondary N) is 1. The number of rotatable bonds is 3. The average molecular weight is 138 g/mol. The first-order valence-corrected chi connectivity index (χ1v) is 3.11. The number of nitrogens with zero attached hydrogens (tertiary/aromatic N) is 1. The lowest BCUT2D eigenvalue weighted by Gasteiger charge is -1.92. The molecular weight excluding hydrogens is 128 g/mol. The number of aromatic nitrogens is 1. The van der Waals surface area contributed by atoms with Crippen LogP contribution in [0.4, 0.5) is 0 Å². The Kier molecular flexibility index (Phi) is 2.10. The molecule has 0 spiro atoms. The highest BCUT2D eigenvalue weighted by molar-refractivity contribution is 5.46. The lowest BCUT2D eigenvalue weighted by atomic mass is 10.3. The number of hydrogen-bond acceptors (Lipinski definition) is 1. The summed E-state index contributed by atoms with van der Waals surface area (Å²) in [5.41, 5.74) is 1.12. The average Bonchev–Trinajstić information content (AvgIpc) is 2.31. The largest absolute Gasteiger partial charge is 0.357 e. The van der Waals surface area contributed by atoms with E-state index in [4.69, 9.17) is 0 Å². The Morgan fingerprint density at radius 3 is 3.10 bits per heavy atom. The maximum Gasteiger partial charge on any atom is 0.207 e. The first-order chi connectivity index (χ1) is 4.83. The van der Waals surface area contributed by atoms with Crippen molar-refractivity contribution in [3.05, 3.63) is 24.0 Å². The molecule has 10 heavy (non-hydrogen) atoms. The molecule has 1 rings (SSSR count). The monoisotopic (exact) mass is 138 g/mol. The fourth-order valence-corrected chi connectivity index (χ4v) is 0.825. The van der Waals surface area contributed by atoms with Crippen molar-refractivity contribution in [2.24, 2.45) is 7.05 Å². The van der Waals surface area contributed by atoms with Crippen LogP contribution in [0, 0.1) is 0 Å². The van der Waals surface area contributed by atoms with E-state index >= 15 is 0 Å². The molecule has 1 amide bonds. The Balaban J connectivity index is 2.49. The summed E-state index contributed by atoms with van der Waals surface area (Å²) in [7, 11) is 1.95. The molecule has 0 aliphatic carbocycles. The lowest BCUT2D eigenvalue weighted by molar-refractivity contribution is -0.109. The van der Waals surface area contributed by atoms with Gasteiger partial charge in [-0.05, 0) is 11.6 Å². The van der Waals surface area contributed by atoms with Gasteiger partial charge in [-0.15, -0.1) is 0 Å². The minimum atomic E-state index is 0.615. The zero-order chi connectivity index (χ0) is 7.40. The van der Waals surface area contributed by atoms with Crippen molar-refractivity contribution in [3.63, 3.8) is 0 Å². The standard InChI is InChI=1S/C7H10N2O/c1-9-3-2-7(5-9)4-8-6-10/h2-3,5-6H,4H2,1H3,(H,8,10). The van der Waals surface area contributed by atoms with Gasteiger partial charge in [-0.3, -0.25) is 4.79 Å². The SMILES string of the molecule is Cn1ccc(CNC=O)c1. The van der Waals surface area contributed by atoms with Crippen molar-refractivity contribution in [1.82, 2.24) is 9.88 Å². The third-order valence-corrected chi connectivity index (χ3v) is 1.28. The summed E-state index contributed by atoms with van der Waals surface area (Å²) in [6.45, 7) is 0.615. The molecule has 0 saturated heterocycles. The van der Waals surface area contributed by atoms with Crippen LogP contribution in [0.3, 0.4) is 0 Å². The van der Waals surface area contributed by atoms with Gasteiger partial charge in [0.15, 0.2) is 0 Å². The van der Waals surface area contributed by atoms with E-state index in [1.54, 1.807) is 0 Å². The van der Waals surface area contributed by atoms with E-state index in [2.05, 4.69) is 5.32 Å². The smallest absolute Gasteiger partial charge is 0.207 e. The van der Waals surface area contributed by atoms with Gasteiger partial charge in [-0.1, -0.05) is 0 Å². The summed E-state index contributed by atoms with van der Waals surface area (Å²) in [5.74, 6) is 0. The molecule has 1 heterocycles. The Morgan fingerprint density at radius 2 is 2.60 bits per heavy atom. The lowest BCUT2D eigenvalue weighted by Crippen LogP contribution is -2.08. The van der Waals surface area contributed by atoms with E-state index in [9.17, 15) is 4.79 Å². The van der Waals surface area contributed by atoms with Gasteiger partial charge in [0.05, 0.1) is 0 Å². The first-order valence-electron chi connectivity index (χ1n) is 3.11. The van der Waals surface area contributed by atoms with Crippen LogP contribution < -0.4 is 5.32 Å². The Morgan fingerprint density at radius 1 is 1.80 bits per heavy atom. The van der Waals surface area contributed by atoms with Crippen LogP contribution >= 0.6 is 0 Å². The molecule has 54 valence electrons. The van der Waals surface area contributed by atoms with Gasteiger partial charge in [0.2, 0.25) is 6.41 Å². The zero-order valence-corrected chi connectivity index (χ0v) is 5.87. The summed E-state index contributed by atoms with van der Waals surface area (Å²) in [6, 6.07) is 1.97. The summed E-state index contributed by atoms with van der Waals surface area (Å²) < 4.78 is 1.95. The van der Waals surface area contributed by atoms with Crippen molar-refractivity contribution in [2.75, 3.05) is 0 Å². The van der Waals surface area contributed by atoms with Crippen LogP contribution in [-0.4, -0.2) is 11.0 Å². The van der Waals surface area contributed by atoms with Crippen LogP contribution in [0.25, 0.3) is 0 Å². The number of hydrogen-bond donors (Lipinski definition) is 1. The predicted molar refractivity (Wildman–Crippen MR) is 38.3 cm³/mol. The molecule has 0 aromatic carbocycles. The van der Waals surface area contributed by atoms with Gasteiger partial charge in [0.1, 0.15) is 0 Å². The number of aryl methyl sites for hydroxylation is 1. The Hall–Kier alpha value is -1.25. The van der Waals surface area contributed by atoms with Crippen molar-refractivity contribution in [1.29, 1.82) is 0 Å². The highest BCUT2D eigenvalue weighted by atomic mass is 16.1. The number of carbonyl (C=O) groups is 1. The van der Waals surface area contributed by atoms with Gasteiger partial charge >= 0.3 is 0 Å². The third-order valence-electron chi connectivity index (χ3n) is 1.28. The van der Waals surface area contributed by atoms with Crippen molar-refractivity contribution in [2.45, 2.75) is 6.54 Å². The van der Waals surface area contributed by atoms with Crippen molar-refractivity contribution < 1.29 is 4.79 Å². The van der Waals surface area contributed by atoms with Gasteiger partial charge in [-0.25, -0.2) is 0 Å². The molecule has 3 nitrogen and oxygen atoms in total. The predicted octanol–water partition coefficient (Wildman–Crippen LogP) is 0.271. The summed E-state index contributed by atoms with van der Waals surface area (Å²) in [5, 5.41) is 2.58. The van der Waals surface area contributed by atoms with Crippen LogP contribution in [0.5, 0.6) is 0 Å². The Bertz CT molecular complexity index is 217. The molecule has 3 heteroatoms. The van der Waals surface area contributed by atoms with E-state index in [1.165, 1.54) is 0 Å². The number of amides is 1. The zero-order valence-electron chi connectivity index (χ0n) is 5.87. The molecule has 0 radical (unpaired) electrons. The van der Waals surface area contributed by atoms with Crippen LogP contribution in [0.15, 0.2) is 18.5 Å². The molecule has 0 aliphatic rings. The molecule has 1 aromatic heterocycles. The molecule has 0 aliphatic heterocycles. The maximum absolute atomic E-state index is 9.87. The highest BCUT2D eigenvalue weighted by Crippen LogP contribution is 1.97. The second-order valence-electron chi connectivity index (χ2n) is 2.18. The molecule has 0 bridgehead atoms. The minimum absolute atomic E-state index is 0.615. The molecular formula is C7H10N2O. The van der Waals surface area contributed by atoms with Gasteiger partial charge in [0.25, 0.3) is 0 Å². The molecule has 0 unspecified atom stereocenters. The van der Waals surface area contributed by atoms with E-state index in [0.29, 0.717) is 13.0 Å². The van der Waals surface area contributed by atoms with Gasteiger partial charge < -0.3 is 9.88 Å². The van der Waals surface area contributed by atoms with Crippen molar-refractivity contribution in [3.8, 4) is 0 Å². The van der Waals surface area contributed by atoms with E-state index in [1.807, 2.05) is 30.1 Å². The minimum Gasteiger partial charge on any atom is -0.357 e. The molecule has 0 atom stereocenters. The Labute approximate surface area is 59.7 Å². The first kappa shape index (κ1) is 6.86. The third kappa shape index (κ3) is 1.62. The second kappa shape index (κ2) is 3.06. The van der Waals surface area contributed by atoms with E-state index in [0.717, 1.165) is 5.56 Å². The second-order valence-corrected chi connectivity index (χ2v) is 2.18. The molecule has 0 fully saturated rings. The molecule has 1 aromatic rings. The van der Waals surface area contributed by atoms with Crippen molar-refractivity contribution >= 4 is 6.41 Å². The van der Waals surface area contributed by atoms with Crippen LogP contribution in [-0.2, 0) is 18.4 Å². The number of carbonyl (C=O) groups excluding carboxylic acids is 1. The quantitative estimate of drug-likeness (QED) is 0.598. The summed E-state index contributed by atoms with van der Waals surface area (Å²) in [4.78, 5) is 9.87. The molecule has 1 N–H and O–H groups in total. The fourth-order valence-electron chi connectivity index (χ4n) is 0.825. The molecule has 0 saturated carbocycles.